The molecule has 0 aliphatic carbocycles. The second kappa shape index (κ2) is 11.1. The first-order valence-electron chi connectivity index (χ1n) is 7.93. The molecule has 0 bridgehead atoms. The van der Waals surface area contributed by atoms with Crippen molar-refractivity contribution in [3.63, 3.8) is 0 Å². The molecule has 0 aromatic rings. The van der Waals surface area contributed by atoms with Gasteiger partial charge in [-0.2, -0.15) is 5.26 Å². The highest BCUT2D eigenvalue weighted by Gasteiger charge is 1.99. The Kier molecular flexibility index (Phi) is 10.3. The Morgan fingerprint density at radius 3 is 2.00 bits per heavy atom. The summed E-state index contributed by atoms with van der Waals surface area (Å²) in [6.45, 7) is 12.7. The van der Waals surface area contributed by atoms with E-state index in [2.05, 4.69) is 65.8 Å². The second-order valence-corrected chi connectivity index (χ2v) is 6.31. The van der Waals surface area contributed by atoms with Crippen molar-refractivity contribution in [2.75, 3.05) is 0 Å². The van der Waals surface area contributed by atoms with Crippen molar-refractivity contribution >= 4 is 0 Å². The van der Waals surface area contributed by atoms with Crippen LogP contribution in [0.2, 0.25) is 0 Å². The summed E-state index contributed by atoms with van der Waals surface area (Å²) in [5.74, 6) is 0.302. The van der Waals surface area contributed by atoms with Crippen molar-refractivity contribution in [1.82, 2.24) is 0 Å². The predicted molar refractivity (Wildman–Crippen MR) is 93.9 cm³/mol. The van der Waals surface area contributed by atoms with Crippen molar-refractivity contribution in [3.8, 4) is 6.07 Å². The molecular weight excluding hydrogens is 254 g/mol. The maximum absolute atomic E-state index is 9.02. The summed E-state index contributed by atoms with van der Waals surface area (Å²) in [5, 5.41) is 9.02. The summed E-state index contributed by atoms with van der Waals surface area (Å²) in [7, 11) is 0. The van der Waals surface area contributed by atoms with Crippen molar-refractivity contribution < 1.29 is 0 Å². The Balaban J connectivity index is 4.28. The van der Waals surface area contributed by atoms with Gasteiger partial charge in [0.25, 0.3) is 0 Å². The molecule has 0 N–H and O–H groups in total. The van der Waals surface area contributed by atoms with E-state index in [9.17, 15) is 0 Å². The smallest absolute Gasteiger partial charge is 0.0949 e. The molecule has 0 aromatic carbocycles. The van der Waals surface area contributed by atoms with Crippen LogP contribution in [0.3, 0.4) is 0 Å². The summed E-state index contributed by atoms with van der Waals surface area (Å²) in [6, 6.07) is 2.26. The van der Waals surface area contributed by atoms with E-state index in [1.807, 2.05) is 6.08 Å². The predicted octanol–water partition coefficient (Wildman–Crippen LogP) is 6.51. The van der Waals surface area contributed by atoms with E-state index in [-0.39, 0.29) is 0 Å². The Morgan fingerprint density at radius 1 is 0.905 bits per heavy atom. The lowest BCUT2D eigenvalue weighted by Gasteiger charge is -2.02. The highest BCUT2D eigenvalue weighted by molar-refractivity contribution is 5.28. The Bertz CT molecular complexity index is 461. The summed E-state index contributed by atoms with van der Waals surface area (Å²) >= 11 is 0. The summed E-state index contributed by atoms with van der Waals surface area (Å²) in [5.41, 5.74) is 5.04. The zero-order valence-electron chi connectivity index (χ0n) is 14.7. The first kappa shape index (κ1) is 19.4. The molecule has 0 rings (SSSR count). The molecule has 0 saturated carbocycles. The summed E-state index contributed by atoms with van der Waals surface area (Å²) < 4.78 is 0. The lowest BCUT2D eigenvalue weighted by molar-refractivity contribution is 0.795. The summed E-state index contributed by atoms with van der Waals surface area (Å²) in [6.07, 6.45) is 13.1. The first-order chi connectivity index (χ1) is 9.86. The van der Waals surface area contributed by atoms with Crippen molar-refractivity contribution in [3.05, 3.63) is 46.6 Å². The maximum Gasteiger partial charge on any atom is 0.0949 e. The monoisotopic (exact) mass is 285 g/mol. The molecule has 1 nitrogen and oxygen atoms in total. The number of rotatable bonds is 8. The van der Waals surface area contributed by atoms with E-state index in [0.29, 0.717) is 5.92 Å². The van der Waals surface area contributed by atoms with Crippen molar-refractivity contribution in [2.24, 2.45) is 5.92 Å². The fraction of sp³-hybridized carbons (Fsp3) is 0.550. The van der Waals surface area contributed by atoms with Gasteiger partial charge in [-0.3, -0.25) is 0 Å². The van der Waals surface area contributed by atoms with Crippen LogP contribution < -0.4 is 0 Å². The molecule has 0 aromatic heterocycles. The van der Waals surface area contributed by atoms with Gasteiger partial charge in [0.05, 0.1) is 6.07 Å². The van der Waals surface area contributed by atoms with Crippen LogP contribution in [-0.4, -0.2) is 0 Å². The van der Waals surface area contributed by atoms with Gasteiger partial charge in [0.15, 0.2) is 0 Å². The number of hydrogen-bond donors (Lipinski definition) is 0. The van der Waals surface area contributed by atoms with Crippen molar-refractivity contribution in [1.29, 1.82) is 5.26 Å². The van der Waals surface area contributed by atoms with E-state index in [1.165, 1.54) is 16.7 Å². The van der Waals surface area contributed by atoms with E-state index in [1.54, 1.807) is 0 Å². The third kappa shape index (κ3) is 10.9. The van der Waals surface area contributed by atoms with Crippen LogP contribution in [0.5, 0.6) is 0 Å². The zero-order valence-corrected chi connectivity index (χ0v) is 14.7. The van der Waals surface area contributed by atoms with Crippen molar-refractivity contribution in [2.45, 2.75) is 67.2 Å². The molecule has 0 saturated heterocycles. The van der Waals surface area contributed by atoms with Gasteiger partial charge < -0.3 is 0 Å². The minimum atomic E-state index is 0.302. The van der Waals surface area contributed by atoms with Crippen LogP contribution >= 0.6 is 0 Å². The Hall–Kier alpha value is -1.55. The molecule has 0 spiro atoms. The highest BCUT2D eigenvalue weighted by Crippen LogP contribution is 2.13. The number of nitriles is 1. The lowest BCUT2D eigenvalue weighted by atomic mass is 10.0. The van der Waals surface area contributed by atoms with E-state index >= 15 is 0 Å². The molecule has 21 heavy (non-hydrogen) atoms. The molecule has 0 unspecified atom stereocenters. The van der Waals surface area contributed by atoms with Gasteiger partial charge in [0.2, 0.25) is 0 Å². The van der Waals surface area contributed by atoms with Gasteiger partial charge in [0.1, 0.15) is 0 Å². The molecule has 1 heteroatoms. The molecule has 0 aliphatic rings. The largest absolute Gasteiger partial charge is 0.193 e. The second-order valence-electron chi connectivity index (χ2n) is 6.31. The van der Waals surface area contributed by atoms with Crippen LogP contribution in [0.15, 0.2) is 46.6 Å². The fourth-order valence-electron chi connectivity index (χ4n) is 1.91. The average Bonchev–Trinajstić information content (AvgIpc) is 2.38. The van der Waals surface area contributed by atoms with E-state index in [0.717, 1.165) is 31.3 Å². The molecule has 116 valence electrons. The third-order valence-electron chi connectivity index (χ3n) is 3.42. The summed E-state index contributed by atoms with van der Waals surface area (Å²) in [4.78, 5) is 0. The Labute approximate surface area is 131 Å². The lowest BCUT2D eigenvalue weighted by Crippen LogP contribution is -1.89. The van der Waals surface area contributed by atoms with Gasteiger partial charge in [0, 0.05) is 5.57 Å². The van der Waals surface area contributed by atoms with Gasteiger partial charge in [-0.05, 0) is 65.4 Å². The van der Waals surface area contributed by atoms with Gasteiger partial charge >= 0.3 is 0 Å². The minimum Gasteiger partial charge on any atom is -0.193 e. The average molecular weight is 285 g/mol. The maximum atomic E-state index is 9.02. The Morgan fingerprint density at radius 2 is 1.48 bits per heavy atom. The topological polar surface area (TPSA) is 23.8 Å². The SMILES string of the molecule is CC(C)=CCCC(C)=CCCC(C)=CC=C(C#N)C(C)C. The molecule has 0 atom stereocenters. The van der Waals surface area contributed by atoms with Crippen LogP contribution in [-0.2, 0) is 0 Å². The van der Waals surface area contributed by atoms with Gasteiger partial charge in [-0.15, -0.1) is 0 Å². The van der Waals surface area contributed by atoms with Crippen LogP contribution in [0.1, 0.15) is 67.2 Å². The highest BCUT2D eigenvalue weighted by atomic mass is 14.2. The number of hydrogen-bond acceptors (Lipinski definition) is 1. The molecular formula is C20H31N. The van der Waals surface area contributed by atoms with Crippen LogP contribution in [0.25, 0.3) is 0 Å². The number of nitrogens with zero attached hydrogens (tertiary/aromatic N) is 1. The van der Waals surface area contributed by atoms with Crippen LogP contribution in [0, 0.1) is 17.2 Å². The van der Waals surface area contributed by atoms with E-state index in [4.69, 9.17) is 5.26 Å². The molecule has 0 radical (unpaired) electrons. The van der Waals surface area contributed by atoms with Crippen LogP contribution in [0.4, 0.5) is 0 Å². The molecule has 0 heterocycles. The normalized spacial score (nSPS) is 13.3. The standard InChI is InChI=1S/C20H31N/c1-16(2)9-7-10-18(5)11-8-12-19(6)13-14-20(15-21)17(3)4/h9,11,13-14,17H,7-8,10,12H2,1-6H3. The quantitative estimate of drug-likeness (QED) is 0.283. The molecule has 0 aliphatic heterocycles. The van der Waals surface area contributed by atoms with E-state index < -0.39 is 0 Å². The van der Waals surface area contributed by atoms with Gasteiger partial charge in [-0.25, -0.2) is 0 Å². The fourth-order valence-corrected chi connectivity index (χ4v) is 1.91. The number of allylic oxidation sites excluding steroid dienone is 8. The first-order valence-corrected chi connectivity index (χ1v) is 7.93. The molecule has 0 fully saturated rings. The third-order valence-corrected chi connectivity index (χ3v) is 3.42. The zero-order chi connectivity index (χ0) is 16.3. The molecule has 0 amide bonds. The minimum absolute atomic E-state index is 0.302. The van der Waals surface area contributed by atoms with Gasteiger partial charge in [-0.1, -0.05) is 48.8 Å².